The van der Waals surface area contributed by atoms with Crippen molar-refractivity contribution in [1.82, 2.24) is 9.88 Å². The van der Waals surface area contributed by atoms with Crippen LogP contribution in [0.1, 0.15) is 23.3 Å². The molecule has 3 aromatic rings. The van der Waals surface area contributed by atoms with Crippen LogP contribution < -0.4 is 9.64 Å². The number of carbonyl (C=O) groups excluding carboxylic acids is 1. The first-order valence-electron chi connectivity index (χ1n) is 10.7. The van der Waals surface area contributed by atoms with E-state index in [4.69, 9.17) is 9.47 Å². The van der Waals surface area contributed by atoms with Crippen LogP contribution in [-0.4, -0.2) is 48.6 Å². The van der Waals surface area contributed by atoms with Gasteiger partial charge in [0.15, 0.2) is 11.6 Å². The van der Waals surface area contributed by atoms with Crippen molar-refractivity contribution in [3.8, 4) is 5.75 Å². The Bertz CT molecular complexity index is 1020. The summed E-state index contributed by atoms with van der Waals surface area (Å²) in [5.74, 6) is 1.10. The molecule has 5 rings (SSSR count). The first-order valence-corrected chi connectivity index (χ1v) is 10.7. The zero-order valence-electron chi connectivity index (χ0n) is 17.3. The minimum Gasteiger partial charge on any atom is -0.472 e. The predicted molar refractivity (Wildman–Crippen MR) is 118 cm³/mol. The number of hydrogen-bond donors (Lipinski definition) is 0. The number of nitrogens with zero attached hydrogens (tertiary/aromatic N) is 3. The molecule has 6 heteroatoms. The zero-order valence-corrected chi connectivity index (χ0v) is 17.3. The molecule has 0 bridgehead atoms. The van der Waals surface area contributed by atoms with Crippen molar-refractivity contribution in [2.24, 2.45) is 0 Å². The number of amides is 1. The molecular weight excluding hydrogens is 390 g/mol. The molecule has 0 radical (unpaired) electrons. The van der Waals surface area contributed by atoms with Gasteiger partial charge in [-0.05, 0) is 17.7 Å². The molecule has 0 N–H and O–H groups in total. The summed E-state index contributed by atoms with van der Waals surface area (Å²) in [7, 11) is 0. The molecule has 0 saturated carbocycles. The van der Waals surface area contributed by atoms with Crippen molar-refractivity contribution in [1.29, 1.82) is 0 Å². The summed E-state index contributed by atoms with van der Waals surface area (Å²) in [4.78, 5) is 22.6. The first kappa shape index (κ1) is 19.7. The molecule has 1 aromatic heterocycles. The molecule has 31 heavy (non-hydrogen) atoms. The number of benzene rings is 2. The molecule has 0 spiro atoms. The Morgan fingerprint density at radius 1 is 0.935 bits per heavy atom. The van der Waals surface area contributed by atoms with Gasteiger partial charge < -0.3 is 9.47 Å². The van der Waals surface area contributed by atoms with Crippen LogP contribution in [0, 0.1) is 0 Å². The van der Waals surface area contributed by atoms with Crippen LogP contribution in [0.2, 0.25) is 0 Å². The number of anilines is 1. The molecule has 1 amide bonds. The second-order valence-electron chi connectivity index (χ2n) is 7.78. The van der Waals surface area contributed by atoms with E-state index in [1.807, 2.05) is 65.6 Å². The van der Waals surface area contributed by atoms with Gasteiger partial charge in [0.1, 0.15) is 0 Å². The van der Waals surface area contributed by atoms with Gasteiger partial charge >= 0.3 is 0 Å². The summed E-state index contributed by atoms with van der Waals surface area (Å²) < 4.78 is 11.7. The van der Waals surface area contributed by atoms with Gasteiger partial charge in [0.25, 0.3) is 5.91 Å². The Labute approximate surface area is 182 Å². The Morgan fingerprint density at radius 2 is 1.65 bits per heavy atom. The lowest BCUT2D eigenvalue weighted by atomic mass is 10.00. The van der Waals surface area contributed by atoms with E-state index in [1.54, 1.807) is 6.20 Å². The molecule has 2 atom stereocenters. The maximum absolute atomic E-state index is 13.9. The normalized spacial score (nSPS) is 20.1. The van der Waals surface area contributed by atoms with E-state index in [0.717, 1.165) is 24.2 Å². The van der Waals surface area contributed by atoms with Crippen LogP contribution in [0.4, 0.5) is 5.82 Å². The third-order valence-corrected chi connectivity index (χ3v) is 5.82. The van der Waals surface area contributed by atoms with Crippen LogP contribution in [0.3, 0.4) is 0 Å². The summed E-state index contributed by atoms with van der Waals surface area (Å²) in [6, 6.07) is 23.4. The number of fused-ring (bicyclic) bond motifs is 1. The molecule has 2 unspecified atom stereocenters. The van der Waals surface area contributed by atoms with E-state index >= 15 is 0 Å². The highest BCUT2D eigenvalue weighted by Crippen LogP contribution is 2.41. The molecule has 158 valence electrons. The quantitative estimate of drug-likeness (QED) is 0.637. The Kier molecular flexibility index (Phi) is 5.65. The summed E-state index contributed by atoms with van der Waals surface area (Å²) in [5.41, 5.74) is 1.91. The molecule has 2 aromatic carbocycles. The van der Waals surface area contributed by atoms with Gasteiger partial charge in [0.05, 0.1) is 19.3 Å². The van der Waals surface area contributed by atoms with Crippen molar-refractivity contribution in [2.45, 2.75) is 12.1 Å². The largest absolute Gasteiger partial charge is 0.472 e. The maximum atomic E-state index is 13.9. The molecule has 2 aliphatic heterocycles. The fourth-order valence-corrected chi connectivity index (χ4v) is 4.24. The summed E-state index contributed by atoms with van der Waals surface area (Å²) in [6.45, 7) is 3.81. The van der Waals surface area contributed by atoms with Crippen molar-refractivity contribution >= 4 is 11.7 Å². The van der Waals surface area contributed by atoms with Gasteiger partial charge in [-0.25, -0.2) is 4.98 Å². The molecular formula is C25H25N3O3. The lowest BCUT2D eigenvalue weighted by molar-refractivity contribution is -0.127. The highest BCUT2D eigenvalue weighted by Gasteiger charge is 2.41. The topological polar surface area (TPSA) is 54.9 Å². The molecule has 0 aliphatic carbocycles. The van der Waals surface area contributed by atoms with Crippen LogP contribution >= 0.6 is 0 Å². The number of rotatable bonds is 5. The second-order valence-corrected chi connectivity index (χ2v) is 7.78. The van der Waals surface area contributed by atoms with Crippen LogP contribution in [-0.2, 0) is 9.53 Å². The summed E-state index contributed by atoms with van der Waals surface area (Å²) in [5, 5.41) is 0. The minimum atomic E-state index is -0.700. The molecule has 2 aliphatic rings. The predicted octanol–water partition coefficient (Wildman–Crippen LogP) is 3.62. The minimum absolute atomic E-state index is 0.0977. The Hall–Kier alpha value is -3.22. The van der Waals surface area contributed by atoms with Gasteiger partial charge in [-0.1, -0.05) is 60.7 Å². The molecule has 6 nitrogen and oxygen atoms in total. The average molecular weight is 415 g/mol. The van der Waals surface area contributed by atoms with Crippen molar-refractivity contribution in [3.05, 3.63) is 90.1 Å². The Morgan fingerprint density at radius 3 is 2.39 bits per heavy atom. The van der Waals surface area contributed by atoms with Crippen LogP contribution in [0.25, 0.3) is 0 Å². The van der Waals surface area contributed by atoms with E-state index in [0.29, 0.717) is 31.3 Å². The standard InChI is InChI=1S/C25H25N3O3/c29-25-23(20-10-5-2-6-11-20)31-22-12-7-13-26-24(22)28(25)21(19-8-3-1-4-9-19)18-27-14-16-30-17-15-27/h1-13,21,23H,14-18H2. The average Bonchev–Trinajstić information content (AvgIpc) is 2.84. The highest BCUT2D eigenvalue weighted by molar-refractivity contribution is 6.00. The number of aromatic nitrogens is 1. The van der Waals surface area contributed by atoms with Gasteiger partial charge in [-0.2, -0.15) is 0 Å². The fourth-order valence-electron chi connectivity index (χ4n) is 4.24. The number of hydrogen-bond acceptors (Lipinski definition) is 5. The maximum Gasteiger partial charge on any atom is 0.274 e. The van der Waals surface area contributed by atoms with Crippen molar-refractivity contribution in [3.63, 3.8) is 0 Å². The summed E-state index contributed by atoms with van der Waals surface area (Å²) in [6.07, 6.45) is 1.01. The second kappa shape index (κ2) is 8.88. The fraction of sp³-hybridized carbons (Fsp3) is 0.280. The van der Waals surface area contributed by atoms with Crippen LogP contribution in [0.15, 0.2) is 79.0 Å². The summed E-state index contributed by atoms with van der Waals surface area (Å²) >= 11 is 0. The van der Waals surface area contributed by atoms with E-state index in [2.05, 4.69) is 22.0 Å². The highest BCUT2D eigenvalue weighted by atomic mass is 16.5. The molecule has 1 fully saturated rings. The smallest absolute Gasteiger partial charge is 0.274 e. The van der Waals surface area contributed by atoms with Gasteiger partial charge in [-0.15, -0.1) is 0 Å². The van der Waals surface area contributed by atoms with Gasteiger partial charge in [0.2, 0.25) is 6.10 Å². The van der Waals surface area contributed by atoms with Crippen molar-refractivity contribution < 1.29 is 14.3 Å². The third-order valence-electron chi connectivity index (χ3n) is 5.82. The number of carbonyl (C=O) groups is 1. The first-order chi connectivity index (χ1) is 15.3. The van der Waals surface area contributed by atoms with Crippen LogP contribution in [0.5, 0.6) is 5.75 Å². The zero-order chi connectivity index (χ0) is 21.0. The SMILES string of the molecule is O=C1C(c2ccccc2)Oc2cccnc2N1C(CN1CCOCC1)c1ccccc1. The number of morpholine rings is 1. The van der Waals surface area contributed by atoms with E-state index in [-0.39, 0.29) is 11.9 Å². The van der Waals surface area contributed by atoms with Crippen molar-refractivity contribution in [2.75, 3.05) is 37.7 Å². The lowest BCUT2D eigenvalue weighted by Gasteiger charge is -2.41. The monoisotopic (exact) mass is 415 g/mol. The van der Waals surface area contributed by atoms with E-state index < -0.39 is 6.10 Å². The third kappa shape index (κ3) is 4.04. The molecule has 1 saturated heterocycles. The van der Waals surface area contributed by atoms with Gasteiger partial charge in [-0.3, -0.25) is 14.6 Å². The van der Waals surface area contributed by atoms with E-state index in [1.165, 1.54) is 0 Å². The van der Waals surface area contributed by atoms with Gasteiger partial charge in [0, 0.05) is 31.4 Å². The lowest BCUT2D eigenvalue weighted by Crippen LogP contribution is -2.49. The Balaban J connectivity index is 1.58. The number of pyridine rings is 1. The number of ether oxygens (including phenoxy) is 2. The van der Waals surface area contributed by atoms with E-state index in [9.17, 15) is 4.79 Å². The molecule has 3 heterocycles.